The van der Waals surface area contributed by atoms with Crippen molar-refractivity contribution < 1.29 is 0 Å². The molecule has 1 unspecified atom stereocenters. The highest BCUT2D eigenvalue weighted by atomic mass is 35.5. The van der Waals surface area contributed by atoms with E-state index in [1.165, 1.54) is 0 Å². The van der Waals surface area contributed by atoms with Crippen LogP contribution in [0.2, 0.25) is 5.02 Å². The second-order valence-corrected chi connectivity index (χ2v) is 6.25. The van der Waals surface area contributed by atoms with Crippen molar-refractivity contribution in [2.24, 2.45) is 4.99 Å². The van der Waals surface area contributed by atoms with Crippen LogP contribution in [0, 0.1) is 0 Å². The smallest absolute Gasteiger partial charge is 0.191 e. The molecule has 22 heavy (non-hydrogen) atoms. The van der Waals surface area contributed by atoms with E-state index in [1.807, 2.05) is 24.3 Å². The molecule has 0 amide bonds. The van der Waals surface area contributed by atoms with Crippen LogP contribution in [0.3, 0.4) is 0 Å². The Bertz CT molecular complexity index is 639. The zero-order valence-electron chi connectivity index (χ0n) is 13.1. The molecule has 1 aromatic heterocycles. The fraction of sp³-hybridized carbons (Fsp3) is 0.375. The second-order valence-electron chi connectivity index (χ2n) is 4.90. The van der Waals surface area contributed by atoms with Gasteiger partial charge in [-0.25, -0.2) is 4.98 Å². The average Bonchev–Trinajstić information content (AvgIpc) is 2.99. The number of halogens is 1. The summed E-state index contributed by atoms with van der Waals surface area (Å²) in [4.78, 5) is 8.79. The Kier molecular flexibility index (Phi) is 6.21. The number of guanidine groups is 1. The first kappa shape index (κ1) is 16.8. The van der Waals surface area contributed by atoms with Gasteiger partial charge < -0.3 is 10.6 Å². The molecule has 0 fully saturated rings. The van der Waals surface area contributed by atoms with Crippen LogP contribution in [0.5, 0.6) is 0 Å². The molecule has 1 heterocycles. The molecule has 0 aliphatic carbocycles. The fourth-order valence-corrected chi connectivity index (χ4v) is 3.11. The number of nitrogens with one attached hydrogen (secondary N) is 2. The van der Waals surface area contributed by atoms with Crippen LogP contribution < -0.4 is 10.6 Å². The van der Waals surface area contributed by atoms with Crippen molar-refractivity contribution in [3.63, 3.8) is 0 Å². The molecule has 6 heteroatoms. The third-order valence-corrected chi connectivity index (χ3v) is 4.67. The van der Waals surface area contributed by atoms with E-state index < -0.39 is 0 Å². The Labute approximate surface area is 140 Å². The minimum Gasteiger partial charge on any atom is -0.351 e. The number of thiazole rings is 1. The molecule has 0 bridgehead atoms. The van der Waals surface area contributed by atoms with E-state index in [1.54, 1.807) is 18.4 Å². The SMILES string of the molecule is CCc1nc(CNC(=NC)NC(C)c2ccccc2Cl)cs1. The van der Waals surface area contributed by atoms with Gasteiger partial charge in [0.15, 0.2) is 5.96 Å². The molecule has 0 spiro atoms. The molecule has 1 atom stereocenters. The van der Waals surface area contributed by atoms with Crippen LogP contribution in [0.15, 0.2) is 34.6 Å². The van der Waals surface area contributed by atoms with Gasteiger partial charge in [-0.3, -0.25) is 4.99 Å². The van der Waals surface area contributed by atoms with Crippen LogP contribution in [0.4, 0.5) is 0 Å². The predicted octanol–water partition coefficient (Wildman–Crippen LogP) is 3.79. The standard InChI is InChI=1S/C16H21ClN4S/c1-4-15-21-12(10-22-15)9-19-16(18-3)20-11(2)13-7-5-6-8-14(13)17/h5-8,10-11H,4,9H2,1-3H3,(H2,18,19,20). The van der Waals surface area contributed by atoms with Crippen LogP contribution in [0.25, 0.3) is 0 Å². The van der Waals surface area contributed by atoms with E-state index in [9.17, 15) is 0 Å². The van der Waals surface area contributed by atoms with Gasteiger partial charge >= 0.3 is 0 Å². The molecular weight excluding hydrogens is 316 g/mol. The highest BCUT2D eigenvalue weighted by Crippen LogP contribution is 2.21. The Hall–Kier alpha value is -1.59. The predicted molar refractivity (Wildman–Crippen MR) is 94.7 cm³/mol. The normalized spacial score (nSPS) is 13.0. The third-order valence-electron chi connectivity index (χ3n) is 3.29. The Morgan fingerprint density at radius 3 is 2.82 bits per heavy atom. The molecule has 4 nitrogen and oxygen atoms in total. The van der Waals surface area contributed by atoms with Gasteiger partial charge in [-0.15, -0.1) is 11.3 Å². The molecule has 0 radical (unpaired) electrons. The Morgan fingerprint density at radius 1 is 1.41 bits per heavy atom. The summed E-state index contributed by atoms with van der Waals surface area (Å²) >= 11 is 7.92. The van der Waals surface area contributed by atoms with Gasteiger partial charge in [-0.2, -0.15) is 0 Å². The summed E-state index contributed by atoms with van der Waals surface area (Å²) in [6.45, 7) is 4.83. The van der Waals surface area contributed by atoms with E-state index in [-0.39, 0.29) is 6.04 Å². The number of hydrogen-bond donors (Lipinski definition) is 2. The summed E-state index contributed by atoms with van der Waals surface area (Å²) in [6.07, 6.45) is 0.973. The first-order valence-electron chi connectivity index (χ1n) is 7.29. The number of aryl methyl sites for hydroxylation is 1. The van der Waals surface area contributed by atoms with Crippen molar-refractivity contribution in [2.45, 2.75) is 32.9 Å². The van der Waals surface area contributed by atoms with Crippen LogP contribution in [-0.4, -0.2) is 18.0 Å². The van der Waals surface area contributed by atoms with E-state index in [2.05, 4.69) is 39.8 Å². The second kappa shape index (κ2) is 8.15. The molecule has 2 aromatic rings. The highest BCUT2D eigenvalue weighted by molar-refractivity contribution is 7.09. The number of hydrogen-bond acceptors (Lipinski definition) is 3. The van der Waals surface area contributed by atoms with Crippen molar-refractivity contribution in [1.82, 2.24) is 15.6 Å². The van der Waals surface area contributed by atoms with Crippen molar-refractivity contribution in [3.8, 4) is 0 Å². The zero-order valence-corrected chi connectivity index (χ0v) is 14.6. The average molecular weight is 337 g/mol. The number of benzene rings is 1. The molecule has 0 saturated heterocycles. The number of nitrogens with zero attached hydrogens (tertiary/aromatic N) is 2. The largest absolute Gasteiger partial charge is 0.351 e. The maximum atomic E-state index is 6.23. The van der Waals surface area contributed by atoms with Gasteiger partial charge in [0.1, 0.15) is 0 Å². The number of aliphatic imine (C=N–C) groups is 1. The van der Waals surface area contributed by atoms with Gasteiger partial charge in [0.2, 0.25) is 0 Å². The van der Waals surface area contributed by atoms with Crippen molar-refractivity contribution in [1.29, 1.82) is 0 Å². The lowest BCUT2D eigenvalue weighted by atomic mass is 10.1. The highest BCUT2D eigenvalue weighted by Gasteiger charge is 2.11. The number of aromatic nitrogens is 1. The molecule has 2 N–H and O–H groups in total. The van der Waals surface area contributed by atoms with Crippen LogP contribution in [-0.2, 0) is 13.0 Å². The summed E-state index contributed by atoms with van der Waals surface area (Å²) in [6, 6.07) is 7.89. The lowest BCUT2D eigenvalue weighted by molar-refractivity contribution is 0.683. The van der Waals surface area contributed by atoms with Crippen LogP contribution >= 0.6 is 22.9 Å². The first-order valence-corrected chi connectivity index (χ1v) is 8.54. The molecular formula is C16H21ClN4S. The monoisotopic (exact) mass is 336 g/mol. The van der Waals surface area contributed by atoms with Gasteiger partial charge in [-0.1, -0.05) is 36.7 Å². The topological polar surface area (TPSA) is 49.3 Å². The summed E-state index contributed by atoms with van der Waals surface area (Å²) in [5.74, 6) is 0.735. The molecule has 2 rings (SSSR count). The van der Waals surface area contributed by atoms with E-state index in [0.29, 0.717) is 6.54 Å². The van der Waals surface area contributed by atoms with Gasteiger partial charge in [0, 0.05) is 17.5 Å². The van der Waals surface area contributed by atoms with Crippen molar-refractivity contribution in [2.75, 3.05) is 7.05 Å². The molecule has 0 aliphatic heterocycles. The van der Waals surface area contributed by atoms with Gasteiger partial charge in [0.05, 0.1) is 23.3 Å². The summed E-state index contributed by atoms with van der Waals surface area (Å²) in [7, 11) is 1.76. The lowest BCUT2D eigenvalue weighted by Crippen LogP contribution is -2.38. The van der Waals surface area contributed by atoms with Crippen LogP contribution in [0.1, 0.15) is 36.2 Å². The molecule has 0 saturated carbocycles. The van der Waals surface area contributed by atoms with Crippen molar-refractivity contribution >= 4 is 28.9 Å². The quantitative estimate of drug-likeness (QED) is 0.645. The van der Waals surface area contributed by atoms with Crippen molar-refractivity contribution in [3.05, 3.63) is 50.9 Å². The van der Waals surface area contributed by atoms with E-state index in [4.69, 9.17) is 11.6 Å². The summed E-state index contributed by atoms with van der Waals surface area (Å²) < 4.78 is 0. The maximum absolute atomic E-state index is 6.23. The van der Waals surface area contributed by atoms with E-state index >= 15 is 0 Å². The maximum Gasteiger partial charge on any atom is 0.191 e. The Balaban J connectivity index is 1.93. The fourth-order valence-electron chi connectivity index (χ4n) is 2.07. The minimum absolute atomic E-state index is 0.0709. The first-order chi connectivity index (χ1) is 10.6. The third kappa shape index (κ3) is 4.45. The lowest BCUT2D eigenvalue weighted by Gasteiger charge is -2.18. The van der Waals surface area contributed by atoms with Gasteiger partial charge in [-0.05, 0) is 25.0 Å². The minimum atomic E-state index is 0.0709. The summed E-state index contributed by atoms with van der Waals surface area (Å²) in [5, 5.41) is 10.6. The molecule has 118 valence electrons. The van der Waals surface area contributed by atoms with Gasteiger partial charge in [0.25, 0.3) is 0 Å². The summed E-state index contributed by atoms with van der Waals surface area (Å²) in [5.41, 5.74) is 2.09. The Morgan fingerprint density at radius 2 is 2.18 bits per heavy atom. The van der Waals surface area contributed by atoms with E-state index in [0.717, 1.165) is 33.7 Å². The molecule has 0 aliphatic rings. The zero-order chi connectivity index (χ0) is 15.9. The number of rotatable bonds is 5. The molecule has 1 aromatic carbocycles.